The number of rotatable bonds is 3. The number of halogens is 1. The van der Waals surface area contributed by atoms with Crippen LogP contribution in [0.5, 0.6) is 0 Å². The van der Waals surface area contributed by atoms with Crippen LogP contribution >= 0.6 is 15.9 Å². The zero-order valence-electron chi connectivity index (χ0n) is 9.18. The maximum Gasteiger partial charge on any atom is 0.101 e. The number of carboxylic acid groups (broad SMARTS) is 1. The number of aromatic nitrogens is 2. The van der Waals surface area contributed by atoms with E-state index in [0.29, 0.717) is 12.2 Å². The fourth-order valence-electron chi connectivity index (χ4n) is 1.55. The molecule has 0 radical (unpaired) electrons. The van der Waals surface area contributed by atoms with E-state index >= 15 is 0 Å². The molecule has 0 spiro atoms. The van der Waals surface area contributed by atoms with Crippen LogP contribution in [0.2, 0.25) is 0 Å². The molecule has 1 heterocycles. The van der Waals surface area contributed by atoms with Crippen molar-refractivity contribution in [3.05, 3.63) is 40.5 Å². The van der Waals surface area contributed by atoms with Crippen molar-refractivity contribution < 1.29 is 9.90 Å². The number of nitrogens with zero attached hydrogens (tertiary/aromatic N) is 2. The monoisotopic (exact) mass is 293 g/mol. The molecule has 4 nitrogen and oxygen atoms in total. The van der Waals surface area contributed by atoms with Gasteiger partial charge in [0.1, 0.15) is 5.69 Å². The highest BCUT2D eigenvalue weighted by molar-refractivity contribution is 9.10. The minimum absolute atomic E-state index is 0.120. The summed E-state index contributed by atoms with van der Waals surface area (Å²) in [6.45, 7) is 2.52. The first-order valence-electron chi connectivity index (χ1n) is 5.16. The highest BCUT2D eigenvalue weighted by Gasteiger charge is 2.11. The van der Waals surface area contributed by atoms with Crippen molar-refractivity contribution in [1.29, 1.82) is 0 Å². The van der Waals surface area contributed by atoms with Gasteiger partial charge in [0.05, 0.1) is 5.97 Å². The van der Waals surface area contributed by atoms with Gasteiger partial charge in [0.15, 0.2) is 0 Å². The van der Waals surface area contributed by atoms with Gasteiger partial charge >= 0.3 is 0 Å². The Kier molecular flexibility index (Phi) is 3.28. The molecule has 2 rings (SSSR count). The largest absolute Gasteiger partial charge is 0.545 e. The third-order valence-electron chi connectivity index (χ3n) is 2.42. The van der Waals surface area contributed by atoms with E-state index in [2.05, 4.69) is 21.0 Å². The van der Waals surface area contributed by atoms with Gasteiger partial charge in [0, 0.05) is 28.3 Å². The van der Waals surface area contributed by atoms with E-state index in [1.807, 2.05) is 31.2 Å². The number of benzene rings is 1. The van der Waals surface area contributed by atoms with Gasteiger partial charge in [-0.1, -0.05) is 28.1 Å². The highest BCUT2D eigenvalue weighted by atomic mass is 79.9. The molecule has 2 aromatic rings. The Morgan fingerprint density at radius 3 is 2.59 bits per heavy atom. The van der Waals surface area contributed by atoms with Crippen LogP contribution in [-0.4, -0.2) is 15.7 Å². The predicted octanol–water partition coefficient (Wildman–Crippen LogP) is 1.70. The van der Waals surface area contributed by atoms with E-state index in [9.17, 15) is 9.90 Å². The number of carboxylic acids is 1. The molecular weight excluding hydrogens is 284 g/mol. The number of hydrogen-bond acceptors (Lipinski definition) is 3. The molecule has 88 valence electrons. The Morgan fingerprint density at radius 1 is 1.41 bits per heavy atom. The third-order valence-corrected chi connectivity index (χ3v) is 2.95. The lowest BCUT2D eigenvalue weighted by Gasteiger charge is -2.02. The number of hydrogen-bond donors (Lipinski definition) is 0. The summed E-state index contributed by atoms with van der Waals surface area (Å²) in [6, 6.07) is 7.33. The Balaban J connectivity index is 2.53. The molecule has 0 unspecified atom stereocenters. The normalized spacial score (nSPS) is 10.5. The van der Waals surface area contributed by atoms with Crippen molar-refractivity contribution in [1.82, 2.24) is 9.78 Å². The van der Waals surface area contributed by atoms with Crippen LogP contribution < -0.4 is 5.11 Å². The third kappa shape index (κ3) is 2.39. The van der Waals surface area contributed by atoms with E-state index in [4.69, 9.17) is 0 Å². The zero-order valence-corrected chi connectivity index (χ0v) is 10.8. The topological polar surface area (TPSA) is 58.0 Å². The number of aromatic carboxylic acids is 1. The van der Waals surface area contributed by atoms with Crippen molar-refractivity contribution >= 4 is 21.9 Å². The van der Waals surface area contributed by atoms with Crippen LogP contribution in [0.3, 0.4) is 0 Å². The summed E-state index contributed by atoms with van der Waals surface area (Å²) in [5, 5.41) is 15.2. The lowest BCUT2D eigenvalue weighted by molar-refractivity contribution is -0.254. The quantitative estimate of drug-likeness (QED) is 0.865. The maximum absolute atomic E-state index is 11.0. The van der Waals surface area contributed by atoms with Crippen molar-refractivity contribution in [3.8, 4) is 11.3 Å². The van der Waals surface area contributed by atoms with Crippen LogP contribution in [0.15, 0.2) is 34.9 Å². The van der Waals surface area contributed by atoms with Crippen molar-refractivity contribution in [2.24, 2.45) is 0 Å². The molecule has 0 saturated heterocycles. The van der Waals surface area contributed by atoms with E-state index in [0.717, 1.165) is 10.0 Å². The molecule has 0 fully saturated rings. The molecule has 0 aliphatic rings. The van der Waals surface area contributed by atoms with Crippen LogP contribution in [0.25, 0.3) is 11.3 Å². The van der Waals surface area contributed by atoms with E-state index in [-0.39, 0.29) is 5.56 Å². The number of aryl methyl sites for hydroxylation is 1. The van der Waals surface area contributed by atoms with E-state index < -0.39 is 5.97 Å². The minimum Gasteiger partial charge on any atom is -0.545 e. The summed E-state index contributed by atoms with van der Waals surface area (Å²) in [5.74, 6) is -1.21. The Labute approximate surface area is 107 Å². The first-order valence-corrected chi connectivity index (χ1v) is 5.96. The molecule has 0 bridgehead atoms. The number of carbonyl (C=O) groups excluding carboxylic acids is 1. The molecule has 0 saturated carbocycles. The molecule has 1 aromatic carbocycles. The molecule has 0 N–H and O–H groups in total. The smallest absolute Gasteiger partial charge is 0.101 e. The van der Waals surface area contributed by atoms with Crippen molar-refractivity contribution in [3.63, 3.8) is 0 Å². The Bertz CT molecular complexity index is 546. The van der Waals surface area contributed by atoms with Gasteiger partial charge in [-0.3, -0.25) is 4.68 Å². The van der Waals surface area contributed by atoms with Crippen LogP contribution in [-0.2, 0) is 6.54 Å². The summed E-state index contributed by atoms with van der Waals surface area (Å²) >= 11 is 3.33. The summed E-state index contributed by atoms with van der Waals surface area (Å²) in [4.78, 5) is 11.0. The highest BCUT2D eigenvalue weighted by Crippen LogP contribution is 2.23. The molecule has 17 heavy (non-hydrogen) atoms. The van der Waals surface area contributed by atoms with Gasteiger partial charge in [-0.05, 0) is 19.1 Å². The molecule has 0 amide bonds. The van der Waals surface area contributed by atoms with Crippen LogP contribution in [0, 0.1) is 0 Å². The molecule has 0 aliphatic carbocycles. The van der Waals surface area contributed by atoms with Gasteiger partial charge in [0.25, 0.3) is 0 Å². The zero-order chi connectivity index (χ0) is 12.4. The van der Waals surface area contributed by atoms with Gasteiger partial charge < -0.3 is 9.90 Å². The second-order valence-electron chi connectivity index (χ2n) is 3.54. The average molecular weight is 294 g/mol. The maximum atomic E-state index is 11.0. The first-order chi connectivity index (χ1) is 8.11. The summed E-state index contributed by atoms with van der Waals surface area (Å²) in [5.41, 5.74) is 1.33. The molecular formula is C12H10BrN2O2-. The number of carbonyl (C=O) groups is 1. The molecule has 1 aromatic heterocycles. The lowest BCUT2D eigenvalue weighted by atomic mass is 10.1. The Morgan fingerprint density at radius 2 is 2.06 bits per heavy atom. The second-order valence-corrected chi connectivity index (χ2v) is 4.46. The fraction of sp³-hybridized carbons (Fsp3) is 0.167. The van der Waals surface area contributed by atoms with Gasteiger partial charge in [-0.15, -0.1) is 0 Å². The molecule has 0 aliphatic heterocycles. The van der Waals surface area contributed by atoms with E-state index in [1.54, 1.807) is 4.68 Å². The van der Waals surface area contributed by atoms with Crippen LogP contribution in [0.1, 0.15) is 17.3 Å². The first kappa shape index (κ1) is 11.9. The molecule has 0 atom stereocenters. The van der Waals surface area contributed by atoms with Crippen molar-refractivity contribution in [2.45, 2.75) is 13.5 Å². The second kappa shape index (κ2) is 4.71. The standard InChI is InChI=1S/C12H11BrN2O2/c1-2-15-7-10(12(16)17)11(14-15)8-3-5-9(13)6-4-8/h3-7H,2H2,1H3,(H,16,17)/p-1. The fourth-order valence-corrected chi connectivity index (χ4v) is 1.82. The van der Waals surface area contributed by atoms with Crippen molar-refractivity contribution in [2.75, 3.05) is 0 Å². The summed E-state index contributed by atoms with van der Waals surface area (Å²) < 4.78 is 2.52. The van der Waals surface area contributed by atoms with Gasteiger partial charge in [-0.25, -0.2) is 0 Å². The molecule has 5 heteroatoms. The summed E-state index contributed by atoms with van der Waals surface area (Å²) in [7, 11) is 0. The predicted molar refractivity (Wildman–Crippen MR) is 65.4 cm³/mol. The minimum atomic E-state index is -1.21. The SMILES string of the molecule is CCn1cc(C(=O)[O-])c(-c2ccc(Br)cc2)n1. The van der Waals surface area contributed by atoms with Gasteiger partial charge in [-0.2, -0.15) is 5.10 Å². The summed E-state index contributed by atoms with van der Waals surface area (Å²) in [6.07, 6.45) is 1.49. The average Bonchev–Trinajstić information content (AvgIpc) is 2.74. The van der Waals surface area contributed by atoms with E-state index in [1.165, 1.54) is 6.20 Å². The van der Waals surface area contributed by atoms with Gasteiger partial charge in [0.2, 0.25) is 0 Å². The Hall–Kier alpha value is -1.62. The van der Waals surface area contributed by atoms with Crippen LogP contribution in [0.4, 0.5) is 0 Å². The lowest BCUT2D eigenvalue weighted by Crippen LogP contribution is -2.22.